The Morgan fingerprint density at radius 3 is 2.48 bits per heavy atom. The van der Waals surface area contributed by atoms with Crippen LogP contribution in [-0.4, -0.2) is 28.1 Å². The number of ether oxygens (including phenoxy) is 1. The monoisotopic (exact) mass is 320 g/mol. The van der Waals surface area contributed by atoms with Crippen LogP contribution in [0.1, 0.15) is 56.0 Å². The fourth-order valence-electron chi connectivity index (χ4n) is 2.97. The second-order valence-electron chi connectivity index (χ2n) is 6.54. The van der Waals surface area contributed by atoms with Gasteiger partial charge in [-0.1, -0.05) is 20.3 Å². The highest BCUT2D eigenvalue weighted by Crippen LogP contribution is 2.32. The predicted molar refractivity (Wildman–Crippen MR) is 85.5 cm³/mol. The van der Waals surface area contributed by atoms with E-state index < -0.39 is 5.97 Å². The minimum absolute atomic E-state index is 0.119. The molecule has 0 bridgehead atoms. The molecule has 0 saturated heterocycles. The first-order chi connectivity index (χ1) is 10.8. The third-order valence-electron chi connectivity index (χ3n) is 4.63. The number of Topliss-reactive ketones (excluding diaryl/α,β-unsaturated/α-hetero) is 1. The molecule has 0 amide bonds. The van der Waals surface area contributed by atoms with Gasteiger partial charge in [0.25, 0.3) is 0 Å². The van der Waals surface area contributed by atoms with E-state index in [1.54, 1.807) is 0 Å². The first-order valence-electron chi connectivity index (χ1n) is 8.08. The summed E-state index contributed by atoms with van der Waals surface area (Å²) in [6.45, 7) is 5.72. The fourth-order valence-corrected chi connectivity index (χ4v) is 2.97. The van der Waals surface area contributed by atoms with Crippen molar-refractivity contribution in [3.8, 4) is 11.5 Å². The van der Waals surface area contributed by atoms with Crippen molar-refractivity contribution in [2.45, 2.75) is 52.6 Å². The van der Waals surface area contributed by atoms with E-state index in [9.17, 15) is 19.8 Å². The number of fused-ring (bicyclic) bond motifs is 1. The molecule has 1 heterocycles. The van der Waals surface area contributed by atoms with Crippen LogP contribution in [0.2, 0.25) is 0 Å². The maximum atomic E-state index is 12.6. The van der Waals surface area contributed by atoms with Gasteiger partial charge >= 0.3 is 5.97 Å². The SMILES string of the molecule is CC1CCCC(C)[C@H](C)OC(=O)Cc2cc(O)cc(O)c2C1=O. The molecule has 0 spiro atoms. The smallest absolute Gasteiger partial charge is 0.310 e. The molecule has 0 aliphatic carbocycles. The van der Waals surface area contributed by atoms with E-state index in [-0.39, 0.29) is 47.2 Å². The van der Waals surface area contributed by atoms with Crippen molar-refractivity contribution in [3.63, 3.8) is 0 Å². The van der Waals surface area contributed by atoms with Crippen molar-refractivity contribution < 1.29 is 24.5 Å². The van der Waals surface area contributed by atoms with Gasteiger partial charge in [-0.3, -0.25) is 9.59 Å². The fraction of sp³-hybridized carbons (Fsp3) is 0.556. The zero-order chi connectivity index (χ0) is 17.1. The average molecular weight is 320 g/mol. The Bertz CT molecular complexity index is 608. The molecule has 1 aliphatic rings. The van der Waals surface area contributed by atoms with E-state index in [2.05, 4.69) is 0 Å². The summed E-state index contributed by atoms with van der Waals surface area (Å²) in [7, 11) is 0. The van der Waals surface area contributed by atoms with Gasteiger partial charge in [0.05, 0.1) is 12.0 Å². The molecule has 23 heavy (non-hydrogen) atoms. The van der Waals surface area contributed by atoms with Gasteiger partial charge in [-0.15, -0.1) is 0 Å². The van der Waals surface area contributed by atoms with Crippen LogP contribution in [-0.2, 0) is 16.0 Å². The molecule has 126 valence electrons. The van der Waals surface area contributed by atoms with Crippen molar-refractivity contribution >= 4 is 11.8 Å². The van der Waals surface area contributed by atoms with Crippen LogP contribution in [0.5, 0.6) is 11.5 Å². The van der Waals surface area contributed by atoms with Crippen LogP contribution < -0.4 is 0 Å². The number of hydrogen-bond acceptors (Lipinski definition) is 5. The van der Waals surface area contributed by atoms with Gasteiger partial charge in [-0.2, -0.15) is 0 Å². The van der Waals surface area contributed by atoms with Gasteiger partial charge in [-0.25, -0.2) is 0 Å². The lowest BCUT2D eigenvalue weighted by Crippen LogP contribution is -2.25. The first kappa shape index (κ1) is 17.3. The molecule has 0 radical (unpaired) electrons. The zero-order valence-electron chi connectivity index (χ0n) is 13.8. The van der Waals surface area contributed by atoms with Gasteiger partial charge in [0.15, 0.2) is 5.78 Å². The summed E-state index contributed by atoms with van der Waals surface area (Å²) in [5.74, 6) is -1.16. The van der Waals surface area contributed by atoms with Gasteiger partial charge < -0.3 is 14.9 Å². The van der Waals surface area contributed by atoms with E-state index in [0.717, 1.165) is 18.9 Å². The van der Waals surface area contributed by atoms with Gasteiger partial charge in [0, 0.05) is 12.0 Å². The summed E-state index contributed by atoms with van der Waals surface area (Å²) in [5.41, 5.74) is 0.429. The predicted octanol–water partition coefficient (Wildman–Crippen LogP) is 3.21. The molecule has 2 rings (SSSR count). The lowest BCUT2D eigenvalue weighted by atomic mass is 9.88. The topological polar surface area (TPSA) is 83.8 Å². The summed E-state index contributed by atoms with van der Waals surface area (Å²) < 4.78 is 5.42. The molecule has 3 atom stereocenters. The van der Waals surface area contributed by atoms with Gasteiger partial charge in [0.1, 0.15) is 17.6 Å². The number of carbonyl (C=O) groups excluding carboxylic acids is 2. The molecule has 0 fully saturated rings. The Morgan fingerprint density at radius 1 is 1.09 bits per heavy atom. The maximum Gasteiger partial charge on any atom is 0.310 e. The summed E-state index contributed by atoms with van der Waals surface area (Å²) in [6.07, 6.45) is 2.09. The Morgan fingerprint density at radius 2 is 1.78 bits per heavy atom. The molecule has 0 saturated carbocycles. The lowest BCUT2D eigenvalue weighted by Gasteiger charge is -2.23. The van der Waals surface area contributed by atoms with E-state index in [4.69, 9.17) is 4.74 Å². The van der Waals surface area contributed by atoms with Crippen molar-refractivity contribution in [2.75, 3.05) is 0 Å². The van der Waals surface area contributed by atoms with Crippen molar-refractivity contribution in [1.29, 1.82) is 0 Å². The van der Waals surface area contributed by atoms with Crippen LogP contribution in [0.4, 0.5) is 0 Å². The molecule has 5 heteroatoms. The minimum Gasteiger partial charge on any atom is -0.508 e. The number of carbonyl (C=O) groups is 2. The minimum atomic E-state index is -0.461. The number of esters is 1. The zero-order valence-corrected chi connectivity index (χ0v) is 13.8. The highest BCUT2D eigenvalue weighted by molar-refractivity contribution is 6.02. The van der Waals surface area contributed by atoms with E-state index in [1.807, 2.05) is 20.8 Å². The second kappa shape index (κ2) is 7.02. The number of aromatic hydroxyl groups is 2. The second-order valence-corrected chi connectivity index (χ2v) is 6.54. The molecule has 5 nitrogen and oxygen atoms in total. The van der Waals surface area contributed by atoms with E-state index >= 15 is 0 Å². The number of benzene rings is 1. The standard InChI is InChI=1S/C18H24O5/c1-10-5-4-6-11(2)18(22)17-13(7-14(19)9-15(17)20)8-16(21)23-12(10)3/h7,9-12,19-20H,4-6,8H2,1-3H3/t10?,11?,12-/m0/s1. The number of phenolic OH excluding ortho intramolecular Hbond substituents is 2. The quantitative estimate of drug-likeness (QED) is 0.717. The molecule has 1 aliphatic heterocycles. The van der Waals surface area contributed by atoms with Gasteiger partial charge in [-0.05, 0) is 37.3 Å². The largest absolute Gasteiger partial charge is 0.508 e. The van der Waals surface area contributed by atoms with Crippen LogP contribution in [0.15, 0.2) is 12.1 Å². The number of phenols is 2. The third-order valence-corrected chi connectivity index (χ3v) is 4.63. The molecular formula is C18H24O5. The van der Waals surface area contributed by atoms with Crippen LogP contribution >= 0.6 is 0 Å². The molecule has 2 unspecified atom stereocenters. The van der Waals surface area contributed by atoms with Crippen molar-refractivity contribution in [3.05, 3.63) is 23.3 Å². The van der Waals surface area contributed by atoms with Crippen molar-refractivity contribution in [1.82, 2.24) is 0 Å². The number of ketones is 1. The maximum absolute atomic E-state index is 12.6. The van der Waals surface area contributed by atoms with Crippen LogP contribution in [0.25, 0.3) is 0 Å². The average Bonchev–Trinajstić information content (AvgIpc) is 2.44. The first-order valence-corrected chi connectivity index (χ1v) is 8.08. The van der Waals surface area contributed by atoms with Crippen LogP contribution in [0, 0.1) is 11.8 Å². The number of rotatable bonds is 0. The molecule has 1 aromatic rings. The Hall–Kier alpha value is -2.04. The molecule has 2 N–H and O–H groups in total. The third kappa shape index (κ3) is 4.03. The molecular weight excluding hydrogens is 296 g/mol. The Balaban J connectivity index is 2.43. The van der Waals surface area contributed by atoms with Crippen molar-refractivity contribution in [2.24, 2.45) is 11.8 Å². The van der Waals surface area contributed by atoms with Gasteiger partial charge in [0.2, 0.25) is 0 Å². The normalized spacial score (nSPS) is 26.7. The molecule has 0 aromatic heterocycles. The number of cyclic esters (lactones) is 1. The highest BCUT2D eigenvalue weighted by atomic mass is 16.5. The lowest BCUT2D eigenvalue weighted by molar-refractivity contribution is -0.149. The summed E-state index contributed by atoms with van der Waals surface area (Å²) in [4.78, 5) is 24.8. The highest BCUT2D eigenvalue weighted by Gasteiger charge is 2.26. The summed E-state index contributed by atoms with van der Waals surface area (Å²) >= 11 is 0. The number of hydrogen-bond donors (Lipinski definition) is 2. The summed E-state index contributed by atoms with van der Waals surface area (Å²) in [6, 6.07) is 2.48. The van der Waals surface area contributed by atoms with E-state index in [1.165, 1.54) is 6.07 Å². The molecule has 1 aromatic carbocycles. The Labute approximate surface area is 136 Å². The van der Waals surface area contributed by atoms with E-state index in [0.29, 0.717) is 12.0 Å². The summed E-state index contributed by atoms with van der Waals surface area (Å²) in [5, 5.41) is 19.7. The van der Waals surface area contributed by atoms with Crippen LogP contribution in [0.3, 0.4) is 0 Å². The Kier molecular flexibility index (Phi) is 5.29.